The zero-order chi connectivity index (χ0) is 11.4. The smallest absolute Gasteiger partial charge is 0.277 e. The van der Waals surface area contributed by atoms with Gasteiger partial charge in [0.15, 0.2) is 0 Å². The zero-order valence-corrected chi connectivity index (χ0v) is 10.2. The molecule has 0 spiro atoms. The van der Waals surface area contributed by atoms with Crippen LogP contribution in [0.15, 0.2) is 0 Å². The maximum Gasteiger partial charge on any atom is 0.277 e. The van der Waals surface area contributed by atoms with Crippen molar-refractivity contribution in [2.24, 2.45) is 11.7 Å². The molecule has 0 amide bonds. The van der Waals surface area contributed by atoms with E-state index in [1.165, 1.54) is 0 Å². The van der Waals surface area contributed by atoms with Gasteiger partial charge in [-0.3, -0.25) is 0 Å². The van der Waals surface area contributed by atoms with Crippen molar-refractivity contribution in [1.29, 1.82) is 0 Å². The summed E-state index contributed by atoms with van der Waals surface area (Å²) in [6, 6.07) is -0.533. The fourth-order valence-corrected chi connectivity index (χ4v) is 1.97. The number of hydrogen-bond donors (Lipinski definition) is 3. The lowest BCUT2D eigenvalue weighted by molar-refractivity contribution is 0.545. The van der Waals surface area contributed by atoms with Gasteiger partial charge in [0.2, 0.25) is 0 Å². The van der Waals surface area contributed by atoms with Crippen molar-refractivity contribution >= 4 is 27.4 Å². The van der Waals surface area contributed by atoms with Crippen LogP contribution in [0.4, 0.5) is 0 Å². The van der Waals surface area contributed by atoms with Gasteiger partial charge in [0.05, 0.1) is 11.0 Å². The van der Waals surface area contributed by atoms with Gasteiger partial charge in [0, 0.05) is 6.54 Å². The van der Waals surface area contributed by atoms with Crippen molar-refractivity contribution in [3.05, 3.63) is 0 Å². The predicted molar refractivity (Wildman–Crippen MR) is 61.1 cm³/mol. The third-order valence-corrected chi connectivity index (χ3v) is 3.00. The van der Waals surface area contributed by atoms with Crippen LogP contribution in [0.1, 0.15) is 20.8 Å². The Morgan fingerprint density at radius 1 is 1.43 bits per heavy atom. The lowest BCUT2D eigenvalue weighted by Crippen LogP contribution is -2.47. The molecule has 0 aromatic carbocycles. The number of nitrogens with two attached hydrogens (primary N) is 1. The van der Waals surface area contributed by atoms with Crippen LogP contribution in [0, 0.1) is 5.92 Å². The molecule has 84 valence electrons. The number of rotatable bonds is 6. The number of nitrogens with one attached hydrogen (secondary N) is 2. The lowest BCUT2D eigenvalue weighted by Gasteiger charge is -2.14. The van der Waals surface area contributed by atoms with Crippen LogP contribution < -0.4 is 15.2 Å². The lowest BCUT2D eigenvalue weighted by atomic mass is 10.2. The summed E-state index contributed by atoms with van der Waals surface area (Å²) >= 11 is 4.65. The summed E-state index contributed by atoms with van der Waals surface area (Å²) < 4.78 is 27.3. The second-order valence-corrected chi connectivity index (χ2v) is 5.49. The summed E-state index contributed by atoms with van der Waals surface area (Å²) in [5.74, 6) is 0.256. The van der Waals surface area contributed by atoms with Gasteiger partial charge in [-0.05, 0) is 12.8 Å². The van der Waals surface area contributed by atoms with Crippen LogP contribution in [-0.4, -0.2) is 26.0 Å². The Morgan fingerprint density at radius 3 is 2.29 bits per heavy atom. The number of thiocarbonyl (C=S) groups is 1. The summed E-state index contributed by atoms with van der Waals surface area (Å²) in [6.45, 7) is 5.81. The van der Waals surface area contributed by atoms with Crippen molar-refractivity contribution in [2.45, 2.75) is 26.8 Å². The van der Waals surface area contributed by atoms with E-state index >= 15 is 0 Å². The SMILES string of the molecule is CC(C)CNS(=O)(=O)NC(C)C(N)=S. The topological polar surface area (TPSA) is 84.2 Å². The van der Waals surface area contributed by atoms with Crippen molar-refractivity contribution < 1.29 is 8.42 Å². The Balaban J connectivity index is 4.15. The molecule has 0 saturated heterocycles. The van der Waals surface area contributed by atoms with Gasteiger partial charge in [-0.15, -0.1) is 0 Å². The van der Waals surface area contributed by atoms with E-state index in [0.717, 1.165) is 0 Å². The monoisotopic (exact) mass is 239 g/mol. The van der Waals surface area contributed by atoms with Crippen molar-refractivity contribution in [2.75, 3.05) is 6.54 Å². The minimum atomic E-state index is -3.49. The molecule has 0 saturated carbocycles. The largest absolute Gasteiger partial charge is 0.392 e. The van der Waals surface area contributed by atoms with Crippen molar-refractivity contribution in [1.82, 2.24) is 9.44 Å². The Labute approximate surface area is 90.6 Å². The normalized spacial score (nSPS) is 14.3. The van der Waals surface area contributed by atoms with E-state index in [4.69, 9.17) is 5.73 Å². The highest BCUT2D eigenvalue weighted by atomic mass is 32.2. The van der Waals surface area contributed by atoms with Crippen LogP contribution in [0.5, 0.6) is 0 Å². The Hall–Kier alpha value is -0.240. The first-order valence-electron chi connectivity index (χ1n) is 4.31. The molecule has 0 aromatic heterocycles. The van der Waals surface area contributed by atoms with E-state index < -0.39 is 16.3 Å². The summed E-state index contributed by atoms with van der Waals surface area (Å²) in [4.78, 5) is 0.125. The number of hydrogen-bond acceptors (Lipinski definition) is 3. The highest BCUT2D eigenvalue weighted by Gasteiger charge is 2.15. The molecule has 4 N–H and O–H groups in total. The van der Waals surface area contributed by atoms with Gasteiger partial charge in [-0.25, -0.2) is 4.72 Å². The van der Waals surface area contributed by atoms with E-state index in [1.807, 2.05) is 13.8 Å². The van der Waals surface area contributed by atoms with Crippen LogP contribution in [0.2, 0.25) is 0 Å². The standard InChI is InChI=1S/C7H17N3O2S2/c1-5(2)4-9-14(11,12)10-6(3)7(8)13/h5-6,9-10H,4H2,1-3H3,(H2,8,13). The van der Waals surface area contributed by atoms with Gasteiger partial charge in [-0.1, -0.05) is 26.1 Å². The molecule has 1 atom stereocenters. The predicted octanol–water partition coefficient (Wildman–Crippen LogP) is -0.259. The maximum atomic E-state index is 11.3. The molecule has 7 heteroatoms. The first kappa shape index (κ1) is 13.8. The molecule has 0 aliphatic heterocycles. The molecule has 1 unspecified atom stereocenters. The second kappa shape index (κ2) is 5.59. The van der Waals surface area contributed by atoms with E-state index in [9.17, 15) is 8.42 Å². The average molecular weight is 239 g/mol. The summed E-state index contributed by atoms with van der Waals surface area (Å²) in [7, 11) is -3.49. The first-order valence-corrected chi connectivity index (χ1v) is 6.20. The third kappa shape index (κ3) is 6.25. The summed E-state index contributed by atoms with van der Waals surface area (Å²) in [6.07, 6.45) is 0. The van der Waals surface area contributed by atoms with Gasteiger partial charge in [-0.2, -0.15) is 13.1 Å². The van der Waals surface area contributed by atoms with E-state index in [1.54, 1.807) is 6.92 Å². The van der Waals surface area contributed by atoms with E-state index in [-0.39, 0.29) is 10.9 Å². The second-order valence-electron chi connectivity index (χ2n) is 3.49. The van der Waals surface area contributed by atoms with Gasteiger partial charge in [0.25, 0.3) is 10.2 Å². The molecule has 0 aliphatic rings. The van der Waals surface area contributed by atoms with E-state index in [2.05, 4.69) is 21.7 Å². The van der Waals surface area contributed by atoms with Gasteiger partial charge in [0.1, 0.15) is 0 Å². The Kier molecular flexibility index (Phi) is 5.50. The van der Waals surface area contributed by atoms with Crippen molar-refractivity contribution in [3.63, 3.8) is 0 Å². The molecule has 0 rings (SSSR count). The van der Waals surface area contributed by atoms with Crippen LogP contribution >= 0.6 is 12.2 Å². The molecule has 0 radical (unpaired) electrons. The molecule has 0 fully saturated rings. The molecule has 0 aliphatic carbocycles. The molecule has 0 aromatic rings. The molecule has 14 heavy (non-hydrogen) atoms. The van der Waals surface area contributed by atoms with Crippen LogP contribution in [-0.2, 0) is 10.2 Å². The molecular formula is C7H17N3O2S2. The molecule has 0 heterocycles. The average Bonchev–Trinajstić information content (AvgIpc) is 2.00. The molecule has 0 bridgehead atoms. The Morgan fingerprint density at radius 2 is 1.93 bits per heavy atom. The molecule has 5 nitrogen and oxygen atoms in total. The third-order valence-electron chi connectivity index (χ3n) is 1.44. The summed E-state index contributed by atoms with van der Waals surface area (Å²) in [5.41, 5.74) is 5.28. The molecular weight excluding hydrogens is 222 g/mol. The van der Waals surface area contributed by atoms with Gasteiger partial charge < -0.3 is 5.73 Å². The van der Waals surface area contributed by atoms with Crippen molar-refractivity contribution in [3.8, 4) is 0 Å². The van der Waals surface area contributed by atoms with Gasteiger partial charge >= 0.3 is 0 Å². The fourth-order valence-electron chi connectivity index (χ4n) is 0.609. The first-order chi connectivity index (χ1) is 6.24. The maximum absolute atomic E-state index is 11.3. The minimum absolute atomic E-state index is 0.125. The quantitative estimate of drug-likeness (QED) is 0.558. The van der Waals surface area contributed by atoms with E-state index in [0.29, 0.717) is 6.54 Å². The summed E-state index contributed by atoms with van der Waals surface area (Å²) in [5, 5.41) is 0. The highest BCUT2D eigenvalue weighted by molar-refractivity contribution is 7.87. The Bertz CT molecular complexity index is 287. The fraction of sp³-hybridized carbons (Fsp3) is 0.857. The van der Waals surface area contributed by atoms with Crippen LogP contribution in [0.3, 0.4) is 0 Å². The zero-order valence-electron chi connectivity index (χ0n) is 8.57. The highest BCUT2D eigenvalue weighted by Crippen LogP contribution is 1.91. The minimum Gasteiger partial charge on any atom is -0.392 e. The van der Waals surface area contributed by atoms with Crippen LogP contribution in [0.25, 0.3) is 0 Å².